The Hall–Kier alpha value is -1.20. The topological polar surface area (TPSA) is 27.1 Å². The van der Waals surface area contributed by atoms with E-state index in [1.807, 2.05) is 0 Å². The second kappa shape index (κ2) is 3.75. The van der Waals surface area contributed by atoms with E-state index in [9.17, 15) is 13.2 Å². The molecule has 1 aromatic heterocycles. The van der Waals surface area contributed by atoms with E-state index in [0.717, 1.165) is 4.68 Å². The predicted octanol–water partition coefficient (Wildman–Crippen LogP) is 2.72. The number of halogens is 3. The minimum atomic E-state index is -2.93. The zero-order valence-electron chi connectivity index (χ0n) is 9.01. The lowest BCUT2D eigenvalue weighted by molar-refractivity contribution is 0.141. The summed E-state index contributed by atoms with van der Waals surface area (Å²) in [4.78, 5) is 0. The number of hydrogen-bond acceptors (Lipinski definition) is 2. The third-order valence-corrected chi connectivity index (χ3v) is 1.88. The molecule has 1 aromatic rings. The normalized spacial score (nSPS) is 12.3. The average molecular weight is 222 g/mol. The zero-order valence-corrected chi connectivity index (χ0v) is 9.01. The maximum atomic E-state index is 13.1. The Labute approximate surface area is 85.8 Å². The first-order valence-corrected chi connectivity index (χ1v) is 4.40. The number of methoxy groups -OCH3 is 1. The second-order valence-corrected chi connectivity index (χ2v) is 4.10. The van der Waals surface area contributed by atoms with Gasteiger partial charge in [0.2, 0.25) is 11.8 Å². The summed E-state index contributed by atoms with van der Waals surface area (Å²) in [6, 6.07) is 0. The quantitative estimate of drug-likeness (QED) is 0.769. The highest BCUT2D eigenvalue weighted by Gasteiger charge is 2.30. The Morgan fingerprint density at radius 2 is 1.87 bits per heavy atom. The lowest BCUT2D eigenvalue weighted by atomic mass is 10.1. The van der Waals surface area contributed by atoms with E-state index >= 15 is 0 Å². The standard InChI is InChI=1S/C9H13F3N2O/c1-9(2,3)14-8(15-4)5(6(10)11)7(12)13-14/h6H,1-4H3. The molecule has 0 N–H and O–H groups in total. The van der Waals surface area contributed by atoms with Crippen molar-refractivity contribution >= 4 is 0 Å². The van der Waals surface area contributed by atoms with Gasteiger partial charge in [-0.1, -0.05) is 0 Å². The molecule has 1 rings (SSSR count). The first-order chi connectivity index (χ1) is 6.79. The number of rotatable bonds is 2. The molecule has 0 saturated heterocycles. The van der Waals surface area contributed by atoms with Crippen LogP contribution in [0, 0.1) is 5.95 Å². The van der Waals surface area contributed by atoms with Gasteiger partial charge in [0, 0.05) is 0 Å². The second-order valence-electron chi connectivity index (χ2n) is 4.10. The van der Waals surface area contributed by atoms with Crippen molar-refractivity contribution in [3.05, 3.63) is 11.5 Å². The van der Waals surface area contributed by atoms with E-state index < -0.39 is 23.5 Å². The Balaban J connectivity index is 3.38. The van der Waals surface area contributed by atoms with Crippen molar-refractivity contribution in [1.29, 1.82) is 0 Å². The van der Waals surface area contributed by atoms with Gasteiger partial charge in [-0.05, 0) is 20.8 Å². The van der Waals surface area contributed by atoms with E-state index in [1.54, 1.807) is 20.8 Å². The lowest BCUT2D eigenvalue weighted by Gasteiger charge is -2.21. The Morgan fingerprint density at radius 3 is 2.20 bits per heavy atom. The molecule has 0 aliphatic heterocycles. The van der Waals surface area contributed by atoms with Crippen LogP contribution in [0.1, 0.15) is 32.8 Å². The third kappa shape index (κ3) is 2.08. The molecule has 86 valence electrons. The maximum absolute atomic E-state index is 13.1. The van der Waals surface area contributed by atoms with Gasteiger partial charge in [-0.15, -0.1) is 5.10 Å². The molecular weight excluding hydrogens is 209 g/mol. The average Bonchev–Trinajstić information content (AvgIpc) is 2.41. The van der Waals surface area contributed by atoms with Gasteiger partial charge in [0.1, 0.15) is 5.56 Å². The molecule has 1 heterocycles. The number of aromatic nitrogens is 2. The minimum absolute atomic E-state index is 0.227. The van der Waals surface area contributed by atoms with Gasteiger partial charge in [0.25, 0.3) is 6.43 Å². The van der Waals surface area contributed by atoms with E-state index in [-0.39, 0.29) is 5.88 Å². The minimum Gasteiger partial charge on any atom is -0.481 e. The molecule has 0 unspecified atom stereocenters. The summed E-state index contributed by atoms with van der Waals surface area (Å²) in [5.74, 6) is -1.41. The number of ether oxygens (including phenoxy) is 1. The molecule has 0 spiro atoms. The number of hydrogen-bond donors (Lipinski definition) is 0. The fraction of sp³-hybridized carbons (Fsp3) is 0.667. The molecule has 0 radical (unpaired) electrons. The molecule has 3 nitrogen and oxygen atoms in total. The van der Waals surface area contributed by atoms with Crippen LogP contribution in [0.2, 0.25) is 0 Å². The molecule has 0 bridgehead atoms. The molecular formula is C9H13F3N2O. The van der Waals surface area contributed by atoms with Crippen molar-refractivity contribution in [2.24, 2.45) is 0 Å². The van der Waals surface area contributed by atoms with Crippen LogP contribution in [0.15, 0.2) is 0 Å². The summed E-state index contributed by atoms with van der Waals surface area (Å²) in [6.07, 6.45) is -2.93. The summed E-state index contributed by atoms with van der Waals surface area (Å²) in [6.45, 7) is 5.16. The third-order valence-electron chi connectivity index (χ3n) is 1.88. The molecule has 0 aliphatic carbocycles. The molecule has 0 atom stereocenters. The molecule has 0 saturated carbocycles. The SMILES string of the molecule is COc1c(C(F)F)c(F)nn1C(C)(C)C. The van der Waals surface area contributed by atoms with Crippen LogP contribution in [0.3, 0.4) is 0 Å². The highest BCUT2D eigenvalue weighted by Crippen LogP contribution is 2.34. The van der Waals surface area contributed by atoms with Gasteiger partial charge in [-0.3, -0.25) is 0 Å². The fourth-order valence-corrected chi connectivity index (χ4v) is 1.22. The van der Waals surface area contributed by atoms with E-state index in [1.165, 1.54) is 7.11 Å². The molecule has 0 aromatic carbocycles. The first kappa shape index (κ1) is 11.9. The monoisotopic (exact) mass is 222 g/mol. The van der Waals surface area contributed by atoms with E-state index in [0.29, 0.717) is 0 Å². The summed E-state index contributed by atoms with van der Waals surface area (Å²) < 4.78 is 44.0. The van der Waals surface area contributed by atoms with E-state index in [4.69, 9.17) is 4.74 Å². The molecule has 0 aliphatic rings. The van der Waals surface area contributed by atoms with Gasteiger partial charge in [0.05, 0.1) is 12.6 Å². The van der Waals surface area contributed by atoms with Gasteiger partial charge >= 0.3 is 0 Å². The predicted molar refractivity (Wildman–Crippen MR) is 48.7 cm³/mol. The Bertz CT molecular complexity index is 355. The Morgan fingerprint density at radius 1 is 1.33 bits per heavy atom. The number of alkyl halides is 2. The first-order valence-electron chi connectivity index (χ1n) is 4.40. The largest absolute Gasteiger partial charge is 0.481 e. The lowest BCUT2D eigenvalue weighted by Crippen LogP contribution is -2.24. The van der Waals surface area contributed by atoms with Crippen LogP contribution >= 0.6 is 0 Å². The van der Waals surface area contributed by atoms with Crippen molar-refractivity contribution in [3.63, 3.8) is 0 Å². The molecule has 0 amide bonds. The highest BCUT2D eigenvalue weighted by atomic mass is 19.3. The molecule has 15 heavy (non-hydrogen) atoms. The van der Waals surface area contributed by atoms with Crippen LogP contribution < -0.4 is 4.74 Å². The Kier molecular flexibility index (Phi) is 2.97. The van der Waals surface area contributed by atoms with Crippen LogP contribution in [0.5, 0.6) is 5.88 Å². The van der Waals surface area contributed by atoms with Gasteiger partial charge < -0.3 is 4.74 Å². The van der Waals surface area contributed by atoms with Gasteiger partial charge in [-0.2, -0.15) is 4.39 Å². The summed E-state index contributed by atoms with van der Waals surface area (Å²) in [5, 5.41) is 3.42. The van der Waals surface area contributed by atoms with Crippen molar-refractivity contribution < 1.29 is 17.9 Å². The van der Waals surface area contributed by atoms with Crippen molar-refractivity contribution in [1.82, 2.24) is 9.78 Å². The van der Waals surface area contributed by atoms with Gasteiger partial charge in [-0.25, -0.2) is 13.5 Å². The molecule has 0 fully saturated rings. The van der Waals surface area contributed by atoms with Gasteiger partial charge in [0.15, 0.2) is 0 Å². The van der Waals surface area contributed by atoms with Crippen LogP contribution in [0.4, 0.5) is 13.2 Å². The zero-order chi connectivity index (χ0) is 11.8. The summed E-state index contributed by atoms with van der Waals surface area (Å²) in [7, 11) is 1.21. The highest BCUT2D eigenvalue weighted by molar-refractivity contribution is 5.28. The van der Waals surface area contributed by atoms with Crippen LogP contribution in [-0.2, 0) is 5.54 Å². The fourth-order valence-electron chi connectivity index (χ4n) is 1.22. The van der Waals surface area contributed by atoms with Crippen LogP contribution in [-0.4, -0.2) is 16.9 Å². The smallest absolute Gasteiger partial charge is 0.273 e. The number of nitrogens with zero attached hydrogens (tertiary/aromatic N) is 2. The summed E-state index contributed by atoms with van der Waals surface area (Å²) in [5.41, 5.74) is -1.40. The summed E-state index contributed by atoms with van der Waals surface area (Å²) >= 11 is 0. The van der Waals surface area contributed by atoms with Crippen molar-refractivity contribution in [2.45, 2.75) is 32.7 Å². The van der Waals surface area contributed by atoms with Crippen molar-refractivity contribution in [3.8, 4) is 5.88 Å². The molecule has 6 heteroatoms. The van der Waals surface area contributed by atoms with E-state index in [2.05, 4.69) is 5.10 Å². The maximum Gasteiger partial charge on any atom is 0.273 e. The van der Waals surface area contributed by atoms with Crippen molar-refractivity contribution in [2.75, 3.05) is 7.11 Å². The van der Waals surface area contributed by atoms with Crippen LogP contribution in [0.25, 0.3) is 0 Å².